The number of anilines is 1. The Bertz CT molecular complexity index is 1120. The fourth-order valence-electron chi connectivity index (χ4n) is 2.39. The van der Waals surface area contributed by atoms with Crippen LogP contribution in [-0.4, -0.2) is 39.5 Å². The Hall–Kier alpha value is -2.47. The highest BCUT2D eigenvalue weighted by Gasteiger charge is 2.20. The fraction of sp³-hybridized carbons (Fsp3) is 0.211. The van der Waals surface area contributed by atoms with Crippen molar-refractivity contribution in [2.24, 2.45) is 0 Å². The standard InChI is InChI=1S/C19H19BrClN3O6S/c1-11-3-5-15(12(2)7-11)23-19(27)24-17(25)10-30-18(26)9-22-31(28,29)16-6-4-13(20)8-14(16)21/h3-8,22H,9-10H2,1-2H3,(H2,23,24,25,27). The monoisotopic (exact) mass is 531 g/mol. The molecular weight excluding hydrogens is 514 g/mol. The van der Waals surface area contributed by atoms with Gasteiger partial charge in [0.05, 0.1) is 5.02 Å². The summed E-state index contributed by atoms with van der Waals surface area (Å²) in [7, 11) is -4.07. The molecule has 2 rings (SSSR count). The largest absolute Gasteiger partial charge is 0.455 e. The van der Waals surface area contributed by atoms with E-state index in [4.69, 9.17) is 11.6 Å². The van der Waals surface area contributed by atoms with Gasteiger partial charge in [-0.05, 0) is 43.7 Å². The van der Waals surface area contributed by atoms with Crippen LogP contribution in [-0.2, 0) is 24.3 Å². The smallest absolute Gasteiger partial charge is 0.325 e. The number of aryl methyl sites for hydroxylation is 2. The van der Waals surface area contributed by atoms with Crippen molar-refractivity contribution in [2.45, 2.75) is 18.7 Å². The number of rotatable bonds is 7. The highest BCUT2D eigenvalue weighted by atomic mass is 79.9. The number of hydrogen-bond acceptors (Lipinski definition) is 6. The summed E-state index contributed by atoms with van der Waals surface area (Å²) in [6.07, 6.45) is 0. The summed E-state index contributed by atoms with van der Waals surface area (Å²) in [6, 6.07) is 8.70. The van der Waals surface area contributed by atoms with Crippen molar-refractivity contribution in [3.63, 3.8) is 0 Å². The Morgan fingerprint density at radius 2 is 1.81 bits per heavy atom. The molecule has 166 valence electrons. The van der Waals surface area contributed by atoms with Gasteiger partial charge in [-0.3, -0.25) is 14.9 Å². The van der Waals surface area contributed by atoms with Gasteiger partial charge in [0.2, 0.25) is 10.0 Å². The molecule has 2 aromatic carbocycles. The third-order valence-corrected chi connectivity index (χ3v) is 6.21. The molecule has 0 spiro atoms. The maximum Gasteiger partial charge on any atom is 0.325 e. The van der Waals surface area contributed by atoms with Gasteiger partial charge < -0.3 is 10.1 Å². The van der Waals surface area contributed by atoms with E-state index in [1.807, 2.05) is 23.0 Å². The molecule has 0 radical (unpaired) electrons. The number of halogens is 2. The molecule has 0 saturated carbocycles. The van der Waals surface area contributed by atoms with E-state index in [-0.39, 0.29) is 9.92 Å². The number of carbonyl (C=O) groups is 3. The van der Waals surface area contributed by atoms with Crippen LogP contribution in [0.2, 0.25) is 5.02 Å². The second-order valence-corrected chi connectivity index (χ2v) is 9.44. The molecule has 0 aromatic heterocycles. The minimum atomic E-state index is -4.07. The molecule has 31 heavy (non-hydrogen) atoms. The van der Waals surface area contributed by atoms with Crippen LogP contribution in [0.5, 0.6) is 0 Å². The summed E-state index contributed by atoms with van der Waals surface area (Å²) >= 11 is 9.06. The SMILES string of the molecule is Cc1ccc(NC(=O)NC(=O)COC(=O)CNS(=O)(=O)c2ccc(Br)cc2Cl)c(C)c1. The molecule has 0 aliphatic rings. The van der Waals surface area contributed by atoms with Gasteiger partial charge in [-0.2, -0.15) is 4.72 Å². The minimum absolute atomic E-state index is 0.0376. The number of hydrogen-bond donors (Lipinski definition) is 3. The van der Waals surface area contributed by atoms with E-state index < -0.39 is 41.1 Å². The molecule has 0 unspecified atom stereocenters. The summed E-state index contributed by atoms with van der Waals surface area (Å²) in [5, 5.41) is 4.48. The second-order valence-electron chi connectivity index (χ2n) is 6.38. The summed E-state index contributed by atoms with van der Waals surface area (Å²) in [6.45, 7) is 2.22. The normalized spacial score (nSPS) is 11.0. The molecule has 3 N–H and O–H groups in total. The van der Waals surface area contributed by atoms with Gasteiger partial charge in [-0.15, -0.1) is 0 Å². The number of amides is 3. The molecule has 0 atom stereocenters. The lowest BCUT2D eigenvalue weighted by molar-refractivity contribution is -0.147. The Morgan fingerprint density at radius 3 is 2.45 bits per heavy atom. The lowest BCUT2D eigenvalue weighted by Crippen LogP contribution is -2.38. The number of benzene rings is 2. The molecule has 0 fully saturated rings. The predicted molar refractivity (Wildman–Crippen MR) is 118 cm³/mol. The lowest BCUT2D eigenvalue weighted by atomic mass is 10.1. The van der Waals surface area contributed by atoms with Crippen molar-refractivity contribution < 1.29 is 27.5 Å². The van der Waals surface area contributed by atoms with Crippen molar-refractivity contribution in [3.8, 4) is 0 Å². The lowest BCUT2D eigenvalue weighted by Gasteiger charge is -2.10. The molecule has 3 amide bonds. The van der Waals surface area contributed by atoms with Crippen LogP contribution in [0.15, 0.2) is 45.8 Å². The van der Waals surface area contributed by atoms with Gasteiger partial charge in [0.1, 0.15) is 11.4 Å². The van der Waals surface area contributed by atoms with E-state index in [0.717, 1.165) is 11.1 Å². The molecule has 9 nitrogen and oxygen atoms in total. The number of carbonyl (C=O) groups excluding carboxylic acids is 3. The van der Waals surface area contributed by atoms with Crippen molar-refractivity contribution in [1.29, 1.82) is 0 Å². The molecule has 12 heteroatoms. The molecule has 0 saturated heterocycles. The number of imide groups is 1. The van der Waals surface area contributed by atoms with Crippen LogP contribution >= 0.6 is 27.5 Å². The summed E-state index contributed by atoms with van der Waals surface area (Å²) in [5.74, 6) is -1.89. The highest BCUT2D eigenvalue weighted by Crippen LogP contribution is 2.24. The first-order valence-corrected chi connectivity index (χ1v) is 11.4. The molecule has 0 aliphatic heterocycles. The van der Waals surface area contributed by atoms with Crippen LogP contribution in [0.25, 0.3) is 0 Å². The number of sulfonamides is 1. The van der Waals surface area contributed by atoms with Crippen molar-refractivity contribution in [1.82, 2.24) is 10.0 Å². The van der Waals surface area contributed by atoms with Crippen LogP contribution in [0.3, 0.4) is 0 Å². The van der Waals surface area contributed by atoms with Gasteiger partial charge in [-0.1, -0.05) is 45.2 Å². The van der Waals surface area contributed by atoms with Gasteiger partial charge in [0.15, 0.2) is 6.61 Å². The van der Waals surface area contributed by atoms with Crippen LogP contribution in [0, 0.1) is 13.8 Å². The minimum Gasteiger partial charge on any atom is -0.455 e. The molecular formula is C19H19BrClN3O6S. The summed E-state index contributed by atoms with van der Waals surface area (Å²) in [4.78, 5) is 35.2. The Balaban J connectivity index is 1.80. The third kappa shape index (κ3) is 7.62. The van der Waals surface area contributed by atoms with Gasteiger partial charge in [-0.25, -0.2) is 13.2 Å². The topological polar surface area (TPSA) is 131 Å². The predicted octanol–water partition coefficient (Wildman–Crippen LogP) is 2.89. The van der Waals surface area contributed by atoms with Crippen LogP contribution in [0.4, 0.5) is 10.5 Å². The first kappa shape index (κ1) is 24.8. The quantitative estimate of drug-likeness (QED) is 0.470. The van der Waals surface area contributed by atoms with Gasteiger partial charge in [0.25, 0.3) is 5.91 Å². The summed E-state index contributed by atoms with van der Waals surface area (Å²) < 4.78 is 31.7. The van der Waals surface area contributed by atoms with E-state index in [1.165, 1.54) is 18.2 Å². The maximum absolute atomic E-state index is 12.2. The molecule has 0 heterocycles. The Labute approximate surface area is 192 Å². The van der Waals surface area contributed by atoms with Crippen molar-refractivity contribution >= 4 is 61.1 Å². The Morgan fingerprint density at radius 1 is 1.10 bits per heavy atom. The zero-order chi connectivity index (χ0) is 23.2. The van der Waals surface area contributed by atoms with E-state index in [9.17, 15) is 22.8 Å². The van der Waals surface area contributed by atoms with Crippen LogP contribution in [0.1, 0.15) is 11.1 Å². The average Bonchev–Trinajstić information content (AvgIpc) is 2.66. The van der Waals surface area contributed by atoms with E-state index >= 15 is 0 Å². The number of esters is 1. The number of nitrogens with one attached hydrogen (secondary N) is 3. The third-order valence-electron chi connectivity index (χ3n) is 3.84. The zero-order valence-electron chi connectivity index (χ0n) is 16.5. The maximum atomic E-state index is 12.2. The Kier molecular flexibility index (Phi) is 8.57. The summed E-state index contributed by atoms with van der Waals surface area (Å²) in [5.41, 5.74) is 2.35. The number of ether oxygens (including phenoxy) is 1. The van der Waals surface area contributed by atoms with Crippen LogP contribution < -0.4 is 15.4 Å². The zero-order valence-corrected chi connectivity index (χ0v) is 19.7. The average molecular weight is 533 g/mol. The molecule has 0 aliphatic carbocycles. The molecule has 2 aromatic rings. The van der Waals surface area contributed by atoms with Crippen molar-refractivity contribution in [3.05, 3.63) is 57.0 Å². The first-order chi connectivity index (χ1) is 14.5. The second kappa shape index (κ2) is 10.7. The fourth-order valence-corrected chi connectivity index (χ4v) is 4.40. The van der Waals surface area contributed by atoms with E-state index in [1.54, 1.807) is 19.1 Å². The van der Waals surface area contributed by atoms with E-state index in [2.05, 4.69) is 26.0 Å². The van der Waals surface area contributed by atoms with Crippen molar-refractivity contribution in [2.75, 3.05) is 18.5 Å². The highest BCUT2D eigenvalue weighted by molar-refractivity contribution is 9.10. The first-order valence-electron chi connectivity index (χ1n) is 8.76. The molecule has 0 bridgehead atoms. The number of urea groups is 1. The van der Waals surface area contributed by atoms with E-state index in [0.29, 0.717) is 10.2 Å². The van der Waals surface area contributed by atoms with Gasteiger partial charge >= 0.3 is 12.0 Å². The van der Waals surface area contributed by atoms with Gasteiger partial charge in [0, 0.05) is 10.2 Å².